The number of carbonyl (C=O) groups is 2. The Morgan fingerprint density at radius 1 is 1.02 bits per heavy atom. The minimum absolute atomic E-state index is 0.0110. The molecule has 7 nitrogen and oxygen atoms in total. The average Bonchev–Trinajstić information content (AvgIpc) is 3.67. The summed E-state index contributed by atoms with van der Waals surface area (Å²) >= 11 is 6.38. The third-order valence-corrected chi connectivity index (χ3v) is 12.9. The summed E-state index contributed by atoms with van der Waals surface area (Å²) in [7, 11) is -3.28. The number of hydrogen-bond donors (Lipinski definition) is 3. The van der Waals surface area contributed by atoms with Gasteiger partial charge in [-0.05, 0) is 86.2 Å². The second kappa shape index (κ2) is 12.3. The lowest BCUT2D eigenvalue weighted by Crippen LogP contribution is -2.43. The summed E-state index contributed by atoms with van der Waals surface area (Å²) in [5.41, 5.74) is 1.09. The largest absolute Gasteiger partial charge is 0.491 e. The second-order valence-corrected chi connectivity index (χ2v) is 16.2. The van der Waals surface area contributed by atoms with Gasteiger partial charge in [0.25, 0.3) is 0 Å². The van der Waals surface area contributed by atoms with Crippen LogP contribution in [0.4, 0.5) is 0 Å². The molecular weight excluding hydrogens is 572 g/mol. The topological polar surface area (TPSA) is 99.1 Å². The van der Waals surface area contributed by atoms with E-state index in [0.29, 0.717) is 24.4 Å². The van der Waals surface area contributed by atoms with Crippen molar-refractivity contribution >= 4 is 34.6 Å². The van der Waals surface area contributed by atoms with Crippen LogP contribution in [0, 0.1) is 59.2 Å². The van der Waals surface area contributed by atoms with Gasteiger partial charge in [0.1, 0.15) is 12.0 Å². The summed E-state index contributed by atoms with van der Waals surface area (Å²) in [6.45, 7) is 6.41. The number of nitrogens with one attached hydrogen (secondary N) is 1. The van der Waals surface area contributed by atoms with Gasteiger partial charge in [-0.1, -0.05) is 50.1 Å². The Morgan fingerprint density at radius 3 is 2.62 bits per heavy atom. The summed E-state index contributed by atoms with van der Waals surface area (Å²) in [6, 6.07) is 0. The fraction of sp³-hybridized carbons (Fsp3) is 0.697. The molecule has 9 heteroatoms. The number of halogens is 1. The van der Waals surface area contributed by atoms with E-state index in [1.807, 2.05) is 19.1 Å². The van der Waals surface area contributed by atoms with Crippen LogP contribution in [-0.4, -0.2) is 51.6 Å². The van der Waals surface area contributed by atoms with E-state index < -0.39 is 10.8 Å². The van der Waals surface area contributed by atoms with Crippen molar-refractivity contribution in [1.29, 1.82) is 0 Å². The van der Waals surface area contributed by atoms with E-state index in [0.717, 1.165) is 74.5 Å². The predicted molar refractivity (Wildman–Crippen MR) is 167 cm³/mol. The molecule has 4 aliphatic carbocycles. The molecule has 0 aromatic carbocycles. The highest BCUT2D eigenvalue weighted by molar-refractivity contribution is 8.23. The molecule has 0 aromatic rings. The van der Waals surface area contributed by atoms with E-state index >= 15 is 0 Å². The quantitative estimate of drug-likeness (QED) is 0.281. The first-order valence-corrected chi connectivity index (χ1v) is 18.1. The molecule has 2 heterocycles. The molecule has 2 saturated carbocycles. The van der Waals surface area contributed by atoms with Crippen molar-refractivity contribution in [3.05, 3.63) is 46.9 Å². The first-order chi connectivity index (χ1) is 20.1. The van der Waals surface area contributed by atoms with Crippen molar-refractivity contribution < 1.29 is 23.4 Å². The van der Waals surface area contributed by atoms with Crippen molar-refractivity contribution in [2.24, 2.45) is 59.2 Å². The van der Waals surface area contributed by atoms with Crippen LogP contribution < -0.4 is 4.72 Å². The Morgan fingerprint density at radius 2 is 1.86 bits per heavy atom. The monoisotopic (exact) mass is 618 g/mol. The number of allylic oxidation sites excluding steroid dienone is 6. The number of amides is 1. The van der Waals surface area contributed by atoms with Crippen LogP contribution in [0.1, 0.15) is 58.8 Å². The van der Waals surface area contributed by atoms with Crippen molar-refractivity contribution in [2.45, 2.75) is 58.8 Å². The number of hydrogen-bond acceptors (Lipinski definition) is 6. The third kappa shape index (κ3) is 6.24. The molecule has 1 saturated heterocycles. The highest BCUT2D eigenvalue weighted by Gasteiger charge is 2.59. The van der Waals surface area contributed by atoms with E-state index in [1.54, 1.807) is 0 Å². The second-order valence-electron chi connectivity index (χ2n) is 13.9. The van der Waals surface area contributed by atoms with Gasteiger partial charge in [-0.15, -0.1) is 10.8 Å². The van der Waals surface area contributed by atoms with Gasteiger partial charge in [-0.25, -0.2) is 0 Å². The van der Waals surface area contributed by atoms with E-state index in [4.69, 9.17) is 16.3 Å². The highest BCUT2D eigenvalue weighted by atomic mass is 35.5. The lowest BCUT2D eigenvalue weighted by atomic mass is 9.65. The molecule has 9 unspecified atom stereocenters. The van der Waals surface area contributed by atoms with Crippen LogP contribution >= 0.6 is 22.4 Å². The van der Waals surface area contributed by atoms with Crippen molar-refractivity contribution in [3.8, 4) is 0 Å². The molecule has 3 N–H and O–H groups in total. The predicted octanol–water partition coefficient (Wildman–Crippen LogP) is 6.75. The first-order valence-electron chi connectivity index (χ1n) is 16.0. The van der Waals surface area contributed by atoms with Gasteiger partial charge < -0.3 is 14.4 Å². The van der Waals surface area contributed by atoms with E-state index in [2.05, 4.69) is 34.8 Å². The maximum Gasteiger partial charge on any atom is 0.242 e. The van der Waals surface area contributed by atoms with Crippen LogP contribution in [0.2, 0.25) is 0 Å². The van der Waals surface area contributed by atoms with E-state index in [-0.39, 0.29) is 53.1 Å². The number of aldehydes is 1. The zero-order valence-electron chi connectivity index (χ0n) is 24.9. The summed E-state index contributed by atoms with van der Waals surface area (Å²) in [5.74, 6) is 1.97. The van der Waals surface area contributed by atoms with E-state index in [1.165, 1.54) is 6.29 Å². The first kappa shape index (κ1) is 30.3. The molecule has 2 aliphatic heterocycles. The Hall–Kier alpha value is -1.74. The molecule has 3 fully saturated rings. The number of rotatable bonds is 1. The van der Waals surface area contributed by atoms with Crippen LogP contribution in [0.25, 0.3) is 0 Å². The lowest BCUT2D eigenvalue weighted by Gasteiger charge is -2.44. The zero-order chi connectivity index (χ0) is 29.6. The molecule has 6 rings (SSSR count). The van der Waals surface area contributed by atoms with Crippen molar-refractivity contribution in [3.63, 3.8) is 0 Å². The van der Waals surface area contributed by atoms with Crippen LogP contribution in [0.15, 0.2) is 46.9 Å². The lowest BCUT2D eigenvalue weighted by molar-refractivity contribution is -0.121. The molecule has 42 heavy (non-hydrogen) atoms. The number of ether oxygens (including phenoxy) is 1. The third-order valence-electron chi connectivity index (χ3n) is 11.2. The maximum atomic E-state index is 13.6. The Bertz CT molecular complexity index is 1180. The Balaban J connectivity index is 1.33. The highest BCUT2D eigenvalue weighted by Crippen LogP contribution is 2.58. The van der Waals surface area contributed by atoms with Crippen LogP contribution in [0.5, 0.6) is 0 Å². The normalized spacial score (nSPS) is 42.6. The van der Waals surface area contributed by atoms with Gasteiger partial charge >= 0.3 is 0 Å². The summed E-state index contributed by atoms with van der Waals surface area (Å²) in [5, 5.41) is 0.791. The van der Waals surface area contributed by atoms with Gasteiger partial charge in [0.15, 0.2) is 0 Å². The summed E-state index contributed by atoms with van der Waals surface area (Å²) in [6.07, 6.45) is 18.6. The van der Waals surface area contributed by atoms with E-state index in [9.17, 15) is 18.7 Å². The maximum absolute atomic E-state index is 13.6. The van der Waals surface area contributed by atoms with Gasteiger partial charge in [0.2, 0.25) is 5.91 Å². The molecule has 232 valence electrons. The molecule has 0 radical (unpaired) electrons. The molecule has 0 spiro atoms. The van der Waals surface area contributed by atoms with Gasteiger partial charge in [0.05, 0.1) is 24.0 Å². The number of nitrogens with zero attached hydrogens (tertiary/aromatic N) is 1. The minimum atomic E-state index is -3.28. The molecule has 6 aliphatic rings. The number of carbonyl (C=O) groups excluding carboxylic acids is 2. The molecule has 1 amide bonds. The number of fused-ring (bicyclic) bond motifs is 3. The minimum Gasteiger partial charge on any atom is -0.491 e. The van der Waals surface area contributed by atoms with Crippen molar-refractivity contribution in [2.75, 3.05) is 25.4 Å². The van der Waals surface area contributed by atoms with Crippen LogP contribution in [0.3, 0.4) is 0 Å². The van der Waals surface area contributed by atoms with Crippen LogP contribution in [-0.2, 0) is 14.3 Å². The summed E-state index contributed by atoms with van der Waals surface area (Å²) < 4.78 is 31.2. The van der Waals surface area contributed by atoms with Gasteiger partial charge in [-0.2, -0.15) is 0 Å². The van der Waals surface area contributed by atoms with Crippen molar-refractivity contribution in [1.82, 2.24) is 9.62 Å². The standard InChI is InChI=1S/C33H47ClN2O5S/c1-20-6-7-24(17-37)27-11-9-23(27)16-36-14-4-3-5-22-15-26(34)10-8-25(22)18-41-29-13-12-28-30(32(29)36)31(28)33(38)35-42(39,40)19-21(20)2/h8,10,12-13,15,17,20-25,27-28,30-31,39-40H,3-7,9,11,14,16,18-19H2,1-2H3,(H,35,38)/t20-,21?,22?,23?,24?,25?,27?,28?,30?,31?/m0/s1. The zero-order valence-corrected chi connectivity index (χ0v) is 26.4. The van der Waals surface area contributed by atoms with Gasteiger partial charge in [-0.3, -0.25) is 18.6 Å². The average molecular weight is 619 g/mol. The fourth-order valence-electron chi connectivity index (χ4n) is 8.19. The smallest absolute Gasteiger partial charge is 0.242 e. The molecule has 10 atom stereocenters. The summed E-state index contributed by atoms with van der Waals surface area (Å²) in [4.78, 5) is 28.4. The molecular formula is C33H47ClN2O5S. The fourth-order valence-corrected chi connectivity index (χ4v) is 10.0. The molecule has 0 bridgehead atoms. The Kier molecular flexibility index (Phi) is 8.90. The molecule has 0 aromatic heterocycles. The van der Waals surface area contributed by atoms with Gasteiger partial charge in [0, 0.05) is 35.9 Å². The SMILES string of the molecule is CC1CS(O)(O)NC(=O)C2C3C=CC4=C(C32)N(CCCCC2C=C(Cl)C=CC2CO4)CC2CCC2C(C=O)CC[C@@H]1C. The Labute approximate surface area is 257 Å².